The van der Waals surface area contributed by atoms with Crippen molar-refractivity contribution in [2.45, 2.75) is 0 Å². The molecule has 0 radical (unpaired) electrons. The number of rotatable bonds is 3. The third-order valence-electron chi connectivity index (χ3n) is 3.53. The number of fused-ring (bicyclic) bond motifs is 2. The number of halogens is 1. The van der Waals surface area contributed by atoms with Gasteiger partial charge in [0.05, 0.1) is 16.4 Å². The molecule has 4 rings (SSSR count). The van der Waals surface area contributed by atoms with E-state index < -0.39 is 0 Å². The number of carbonyl (C=O) groups is 1. The molecule has 0 saturated heterocycles. The van der Waals surface area contributed by atoms with Crippen LogP contribution in [0, 0.1) is 0 Å². The summed E-state index contributed by atoms with van der Waals surface area (Å²) in [6, 6.07) is 13.6. The number of nitrogens with one attached hydrogen (secondary N) is 2. The van der Waals surface area contributed by atoms with E-state index in [-0.39, 0.29) is 5.91 Å². The Bertz CT molecular complexity index is 1050. The molecule has 2 heterocycles. The average Bonchev–Trinajstić information content (AvgIpc) is 3.18. The first kappa shape index (κ1) is 15.0. The van der Waals surface area contributed by atoms with Crippen molar-refractivity contribution in [2.24, 2.45) is 5.10 Å². The van der Waals surface area contributed by atoms with E-state index in [1.807, 2.05) is 48.7 Å². The van der Waals surface area contributed by atoms with Gasteiger partial charge in [-0.15, -0.1) is 11.3 Å². The topological polar surface area (TPSA) is 70.1 Å². The third-order valence-corrected chi connectivity index (χ3v) is 5.06. The van der Waals surface area contributed by atoms with Crippen LogP contribution in [-0.2, 0) is 0 Å². The molecule has 0 saturated carbocycles. The Balaban J connectivity index is 1.53. The highest BCUT2D eigenvalue weighted by atomic mass is 79.9. The summed E-state index contributed by atoms with van der Waals surface area (Å²) >= 11 is 4.80. The largest absolute Gasteiger partial charge is 0.361 e. The van der Waals surface area contributed by atoms with E-state index in [0.29, 0.717) is 5.01 Å². The SMILES string of the molecule is O=C(N/N=C/c1c[nH]c2ccc(Br)cc12)c1nc2ccccc2s1. The number of carbonyl (C=O) groups excluding carboxylic acids is 1. The quantitative estimate of drug-likeness (QED) is 0.398. The second-order valence-corrected chi connectivity index (χ2v) is 7.07. The maximum atomic E-state index is 12.2. The van der Waals surface area contributed by atoms with Crippen LogP contribution in [0.25, 0.3) is 21.1 Å². The van der Waals surface area contributed by atoms with Gasteiger partial charge >= 0.3 is 0 Å². The molecular formula is C17H11BrN4OS. The zero-order valence-electron chi connectivity index (χ0n) is 12.3. The van der Waals surface area contributed by atoms with E-state index in [0.717, 1.165) is 31.2 Å². The number of hydrazone groups is 1. The van der Waals surface area contributed by atoms with E-state index in [1.54, 1.807) is 6.21 Å². The highest BCUT2D eigenvalue weighted by Gasteiger charge is 2.11. The minimum atomic E-state index is -0.312. The fourth-order valence-electron chi connectivity index (χ4n) is 2.40. The first-order chi connectivity index (χ1) is 11.7. The predicted octanol–water partition coefficient (Wildman–Crippen LogP) is 4.30. The van der Waals surface area contributed by atoms with Crippen LogP contribution in [0.2, 0.25) is 0 Å². The van der Waals surface area contributed by atoms with Gasteiger partial charge in [0, 0.05) is 27.1 Å². The van der Waals surface area contributed by atoms with Crippen molar-refractivity contribution in [1.29, 1.82) is 0 Å². The normalized spacial score (nSPS) is 11.5. The van der Waals surface area contributed by atoms with Crippen LogP contribution >= 0.6 is 27.3 Å². The number of thiazole rings is 1. The molecule has 2 aromatic heterocycles. The van der Waals surface area contributed by atoms with Gasteiger partial charge in [-0.1, -0.05) is 28.1 Å². The molecule has 0 bridgehead atoms. The summed E-state index contributed by atoms with van der Waals surface area (Å²) in [4.78, 5) is 19.6. The van der Waals surface area contributed by atoms with Crippen LogP contribution in [-0.4, -0.2) is 22.1 Å². The molecule has 24 heavy (non-hydrogen) atoms. The number of H-pyrrole nitrogens is 1. The average molecular weight is 399 g/mol. The number of para-hydroxylation sites is 1. The van der Waals surface area contributed by atoms with Gasteiger partial charge in [0.1, 0.15) is 0 Å². The minimum Gasteiger partial charge on any atom is -0.361 e. The zero-order valence-corrected chi connectivity index (χ0v) is 14.7. The van der Waals surface area contributed by atoms with Crippen LogP contribution in [0.15, 0.2) is 58.2 Å². The molecular weight excluding hydrogens is 388 g/mol. The molecule has 0 atom stereocenters. The van der Waals surface area contributed by atoms with Gasteiger partial charge in [-0.25, -0.2) is 10.4 Å². The van der Waals surface area contributed by atoms with E-state index in [9.17, 15) is 4.79 Å². The molecule has 0 aliphatic carbocycles. The smallest absolute Gasteiger partial charge is 0.300 e. The summed E-state index contributed by atoms with van der Waals surface area (Å²) in [5.41, 5.74) is 5.26. The first-order valence-corrected chi connectivity index (χ1v) is 8.77. The summed E-state index contributed by atoms with van der Waals surface area (Å²) in [6.45, 7) is 0. The summed E-state index contributed by atoms with van der Waals surface area (Å²) < 4.78 is 1.97. The van der Waals surface area contributed by atoms with Gasteiger partial charge in [0.15, 0.2) is 5.01 Å². The van der Waals surface area contributed by atoms with Crippen molar-refractivity contribution in [3.63, 3.8) is 0 Å². The van der Waals surface area contributed by atoms with Crippen LogP contribution in [0.4, 0.5) is 0 Å². The number of nitrogens with zero attached hydrogens (tertiary/aromatic N) is 2. The minimum absolute atomic E-state index is 0.312. The predicted molar refractivity (Wildman–Crippen MR) is 101 cm³/mol. The molecule has 0 spiro atoms. The van der Waals surface area contributed by atoms with E-state index in [2.05, 4.69) is 36.4 Å². The van der Waals surface area contributed by atoms with Gasteiger partial charge in [-0.3, -0.25) is 4.79 Å². The van der Waals surface area contributed by atoms with Crippen LogP contribution in [0.3, 0.4) is 0 Å². The van der Waals surface area contributed by atoms with Gasteiger partial charge in [0.2, 0.25) is 0 Å². The maximum Gasteiger partial charge on any atom is 0.300 e. The number of amides is 1. The van der Waals surface area contributed by atoms with Crippen LogP contribution in [0.5, 0.6) is 0 Å². The highest BCUT2D eigenvalue weighted by molar-refractivity contribution is 9.10. The van der Waals surface area contributed by atoms with Crippen molar-refractivity contribution in [3.8, 4) is 0 Å². The lowest BCUT2D eigenvalue weighted by Crippen LogP contribution is -2.17. The summed E-state index contributed by atoms with van der Waals surface area (Å²) in [5.74, 6) is -0.312. The number of aromatic nitrogens is 2. The number of hydrogen-bond donors (Lipinski definition) is 2. The molecule has 1 amide bonds. The molecule has 2 aromatic carbocycles. The second kappa shape index (κ2) is 6.18. The van der Waals surface area contributed by atoms with Crippen molar-refractivity contribution >= 4 is 60.5 Å². The Labute approximate surface area is 149 Å². The Hall–Kier alpha value is -2.51. The summed E-state index contributed by atoms with van der Waals surface area (Å²) in [6.07, 6.45) is 3.47. The summed E-state index contributed by atoms with van der Waals surface area (Å²) in [7, 11) is 0. The van der Waals surface area contributed by atoms with Crippen molar-refractivity contribution in [3.05, 3.63) is 63.7 Å². The highest BCUT2D eigenvalue weighted by Crippen LogP contribution is 2.22. The van der Waals surface area contributed by atoms with Crippen LogP contribution < -0.4 is 5.43 Å². The molecule has 5 nitrogen and oxygen atoms in total. The zero-order chi connectivity index (χ0) is 16.5. The van der Waals surface area contributed by atoms with Gasteiger partial charge in [-0.05, 0) is 30.3 Å². The Kier molecular flexibility index (Phi) is 3.87. The monoisotopic (exact) mass is 398 g/mol. The second-order valence-electron chi connectivity index (χ2n) is 5.12. The summed E-state index contributed by atoms with van der Waals surface area (Å²) in [5, 5.41) is 5.48. The fraction of sp³-hybridized carbons (Fsp3) is 0. The molecule has 0 aliphatic rings. The molecule has 0 fully saturated rings. The van der Waals surface area contributed by atoms with E-state index in [4.69, 9.17) is 0 Å². The molecule has 0 aliphatic heterocycles. The fourth-order valence-corrected chi connectivity index (χ4v) is 3.62. The standard InChI is InChI=1S/C17H11BrN4OS/c18-11-5-6-13-12(7-11)10(8-19-13)9-20-22-16(23)17-21-14-3-1-2-4-15(14)24-17/h1-9,19H,(H,22,23)/b20-9+. The van der Waals surface area contributed by atoms with Crippen molar-refractivity contribution in [1.82, 2.24) is 15.4 Å². The van der Waals surface area contributed by atoms with Gasteiger partial charge in [-0.2, -0.15) is 5.10 Å². The Morgan fingerprint density at radius 1 is 1.29 bits per heavy atom. The Morgan fingerprint density at radius 2 is 2.17 bits per heavy atom. The van der Waals surface area contributed by atoms with Crippen LogP contribution in [0.1, 0.15) is 15.4 Å². The molecule has 7 heteroatoms. The van der Waals surface area contributed by atoms with Gasteiger partial charge < -0.3 is 4.98 Å². The first-order valence-electron chi connectivity index (χ1n) is 7.16. The number of hydrogen-bond acceptors (Lipinski definition) is 4. The molecule has 118 valence electrons. The number of aromatic amines is 1. The lowest BCUT2D eigenvalue weighted by atomic mass is 10.2. The lowest BCUT2D eigenvalue weighted by molar-refractivity contribution is 0.0955. The van der Waals surface area contributed by atoms with Crippen molar-refractivity contribution in [2.75, 3.05) is 0 Å². The molecule has 4 aromatic rings. The maximum absolute atomic E-state index is 12.2. The lowest BCUT2D eigenvalue weighted by Gasteiger charge is -1.95. The van der Waals surface area contributed by atoms with E-state index >= 15 is 0 Å². The molecule has 2 N–H and O–H groups in total. The Morgan fingerprint density at radius 3 is 3.04 bits per heavy atom. The number of benzene rings is 2. The van der Waals surface area contributed by atoms with E-state index in [1.165, 1.54) is 11.3 Å². The third kappa shape index (κ3) is 2.83. The van der Waals surface area contributed by atoms with Crippen molar-refractivity contribution < 1.29 is 4.79 Å². The van der Waals surface area contributed by atoms with Gasteiger partial charge in [0.25, 0.3) is 5.91 Å². The molecule has 0 unspecified atom stereocenters.